The fraction of sp³-hybridized carbons (Fsp3) is 0.429. The first-order chi connectivity index (χ1) is 10.2. The van der Waals surface area contributed by atoms with Crippen molar-refractivity contribution in [1.29, 1.82) is 0 Å². The number of amides is 1. The minimum atomic E-state index is -0.297. The highest BCUT2D eigenvalue weighted by Gasteiger charge is 2.25. The van der Waals surface area contributed by atoms with E-state index in [0.29, 0.717) is 23.1 Å². The Morgan fingerprint density at radius 2 is 2.19 bits per heavy atom. The van der Waals surface area contributed by atoms with Gasteiger partial charge in [0.15, 0.2) is 10.8 Å². The largest absolute Gasteiger partial charge is 0.393 e. The second kappa shape index (κ2) is 6.28. The molecule has 2 aromatic rings. The smallest absolute Gasteiger partial charge is 0.270 e. The number of nitrogens with zero attached hydrogens (tertiary/aromatic N) is 3. The highest BCUT2D eigenvalue weighted by Crippen LogP contribution is 2.25. The minimum absolute atomic E-state index is 0.157. The molecule has 110 valence electrons. The van der Waals surface area contributed by atoms with Crippen LogP contribution in [-0.4, -0.2) is 38.6 Å². The number of nitrogens with one attached hydrogen (secondary N) is 1. The molecule has 6 nitrogen and oxygen atoms in total. The molecule has 21 heavy (non-hydrogen) atoms. The Morgan fingerprint density at radius 3 is 2.90 bits per heavy atom. The SMILES string of the molecule is O=C(NCC1CCCC1O)c1csc(-c2ncccn2)n1. The maximum Gasteiger partial charge on any atom is 0.270 e. The summed E-state index contributed by atoms with van der Waals surface area (Å²) < 4.78 is 0. The van der Waals surface area contributed by atoms with Gasteiger partial charge in [-0.25, -0.2) is 15.0 Å². The Morgan fingerprint density at radius 1 is 1.38 bits per heavy atom. The van der Waals surface area contributed by atoms with E-state index in [0.717, 1.165) is 19.3 Å². The van der Waals surface area contributed by atoms with E-state index in [1.54, 1.807) is 23.8 Å². The number of aliphatic hydroxyl groups excluding tert-OH is 1. The number of hydrogen-bond donors (Lipinski definition) is 2. The lowest BCUT2D eigenvalue weighted by atomic mass is 10.1. The molecule has 0 aromatic carbocycles. The maximum absolute atomic E-state index is 12.1. The molecule has 0 spiro atoms. The predicted octanol–water partition coefficient (Wildman–Crippen LogP) is 1.49. The maximum atomic E-state index is 12.1. The second-order valence-corrected chi connectivity index (χ2v) is 5.94. The molecular formula is C14H16N4O2S. The summed E-state index contributed by atoms with van der Waals surface area (Å²) >= 11 is 1.34. The van der Waals surface area contributed by atoms with Gasteiger partial charge in [0.1, 0.15) is 5.69 Å². The Balaban J connectivity index is 1.62. The molecule has 2 heterocycles. The van der Waals surface area contributed by atoms with E-state index in [1.165, 1.54) is 11.3 Å². The van der Waals surface area contributed by atoms with Gasteiger partial charge in [0.25, 0.3) is 5.91 Å². The average Bonchev–Trinajstić information content (AvgIpc) is 3.15. The second-order valence-electron chi connectivity index (χ2n) is 5.08. The fourth-order valence-electron chi connectivity index (χ4n) is 2.46. The molecule has 0 saturated heterocycles. The summed E-state index contributed by atoms with van der Waals surface area (Å²) in [4.78, 5) is 24.6. The Bertz CT molecular complexity index is 616. The molecule has 2 atom stereocenters. The van der Waals surface area contributed by atoms with Crippen LogP contribution in [-0.2, 0) is 0 Å². The highest BCUT2D eigenvalue weighted by molar-refractivity contribution is 7.13. The molecule has 1 amide bonds. The van der Waals surface area contributed by atoms with Crippen LogP contribution in [0.5, 0.6) is 0 Å². The van der Waals surface area contributed by atoms with Gasteiger partial charge in [-0.15, -0.1) is 11.3 Å². The van der Waals surface area contributed by atoms with Crippen LogP contribution in [0.3, 0.4) is 0 Å². The summed E-state index contributed by atoms with van der Waals surface area (Å²) in [6.45, 7) is 0.495. The van der Waals surface area contributed by atoms with Crippen LogP contribution in [0.1, 0.15) is 29.8 Å². The van der Waals surface area contributed by atoms with Crippen LogP contribution >= 0.6 is 11.3 Å². The predicted molar refractivity (Wildman–Crippen MR) is 78.8 cm³/mol. The van der Waals surface area contributed by atoms with E-state index < -0.39 is 0 Å². The van der Waals surface area contributed by atoms with Crippen molar-refractivity contribution in [2.24, 2.45) is 5.92 Å². The molecule has 0 bridgehead atoms. The number of hydrogen-bond acceptors (Lipinski definition) is 6. The van der Waals surface area contributed by atoms with E-state index in [1.807, 2.05) is 0 Å². The topological polar surface area (TPSA) is 88.0 Å². The number of carbonyl (C=O) groups is 1. The summed E-state index contributed by atoms with van der Waals surface area (Å²) in [6.07, 6.45) is 5.80. The molecule has 2 unspecified atom stereocenters. The van der Waals surface area contributed by atoms with E-state index in [9.17, 15) is 9.90 Å². The molecule has 3 rings (SSSR count). The van der Waals surface area contributed by atoms with Gasteiger partial charge in [0, 0.05) is 30.2 Å². The average molecular weight is 304 g/mol. The third-order valence-electron chi connectivity index (χ3n) is 3.64. The van der Waals surface area contributed by atoms with Crippen LogP contribution in [0.2, 0.25) is 0 Å². The van der Waals surface area contributed by atoms with Crippen molar-refractivity contribution in [3.05, 3.63) is 29.5 Å². The minimum Gasteiger partial charge on any atom is -0.393 e. The lowest BCUT2D eigenvalue weighted by molar-refractivity contribution is 0.0912. The molecule has 7 heteroatoms. The standard InChI is InChI=1S/C14H16N4O2S/c19-11-4-1-3-9(11)7-17-13(20)10-8-21-14(18-10)12-15-5-2-6-16-12/h2,5-6,8-9,11,19H,1,3-4,7H2,(H,17,20). The lowest BCUT2D eigenvalue weighted by Crippen LogP contribution is -2.32. The Hall–Kier alpha value is -1.86. The molecule has 0 aliphatic heterocycles. The quantitative estimate of drug-likeness (QED) is 0.893. The van der Waals surface area contributed by atoms with Crippen LogP contribution < -0.4 is 5.32 Å². The van der Waals surface area contributed by atoms with Crippen molar-refractivity contribution in [2.75, 3.05) is 6.54 Å². The van der Waals surface area contributed by atoms with Crippen molar-refractivity contribution in [3.63, 3.8) is 0 Å². The molecular weight excluding hydrogens is 288 g/mol. The van der Waals surface area contributed by atoms with Crippen molar-refractivity contribution in [2.45, 2.75) is 25.4 Å². The van der Waals surface area contributed by atoms with E-state index >= 15 is 0 Å². The monoisotopic (exact) mass is 304 g/mol. The summed E-state index contributed by atoms with van der Waals surface area (Å²) in [5.74, 6) is 0.463. The van der Waals surface area contributed by atoms with E-state index in [-0.39, 0.29) is 17.9 Å². The highest BCUT2D eigenvalue weighted by atomic mass is 32.1. The van der Waals surface area contributed by atoms with Crippen LogP contribution in [0, 0.1) is 5.92 Å². The normalized spacial score (nSPS) is 21.4. The van der Waals surface area contributed by atoms with Crippen LogP contribution in [0.25, 0.3) is 10.8 Å². The van der Waals surface area contributed by atoms with Crippen LogP contribution in [0.15, 0.2) is 23.8 Å². The molecule has 2 aromatic heterocycles. The lowest BCUT2D eigenvalue weighted by Gasteiger charge is -2.14. The first kappa shape index (κ1) is 14.1. The Kier molecular flexibility index (Phi) is 4.21. The zero-order chi connectivity index (χ0) is 14.7. The van der Waals surface area contributed by atoms with E-state index in [2.05, 4.69) is 20.3 Å². The number of thiazole rings is 1. The molecule has 0 radical (unpaired) electrons. The zero-order valence-electron chi connectivity index (χ0n) is 11.4. The summed E-state index contributed by atoms with van der Waals surface area (Å²) in [6, 6.07) is 1.73. The summed E-state index contributed by atoms with van der Waals surface area (Å²) in [5, 5.41) is 14.9. The summed E-state index contributed by atoms with van der Waals surface area (Å²) in [5.41, 5.74) is 0.370. The molecule has 1 saturated carbocycles. The number of rotatable bonds is 4. The molecule has 1 fully saturated rings. The zero-order valence-corrected chi connectivity index (χ0v) is 12.2. The number of carbonyl (C=O) groups excluding carboxylic acids is 1. The van der Waals surface area contributed by atoms with Gasteiger partial charge in [-0.1, -0.05) is 6.42 Å². The van der Waals surface area contributed by atoms with E-state index in [4.69, 9.17) is 0 Å². The molecule has 2 N–H and O–H groups in total. The first-order valence-electron chi connectivity index (χ1n) is 6.93. The van der Waals surface area contributed by atoms with Crippen LogP contribution in [0.4, 0.5) is 0 Å². The van der Waals surface area contributed by atoms with Gasteiger partial charge in [-0.2, -0.15) is 0 Å². The van der Waals surface area contributed by atoms with Crippen molar-refractivity contribution in [1.82, 2.24) is 20.3 Å². The summed E-state index contributed by atoms with van der Waals surface area (Å²) in [7, 11) is 0. The van der Waals surface area contributed by atoms with Gasteiger partial charge in [-0.3, -0.25) is 4.79 Å². The van der Waals surface area contributed by atoms with Crippen molar-refractivity contribution < 1.29 is 9.90 Å². The first-order valence-corrected chi connectivity index (χ1v) is 7.81. The number of aromatic nitrogens is 3. The van der Waals surface area contributed by atoms with Crippen molar-refractivity contribution >= 4 is 17.2 Å². The molecule has 1 aliphatic rings. The van der Waals surface area contributed by atoms with Gasteiger partial charge in [0.05, 0.1) is 6.10 Å². The fourth-order valence-corrected chi connectivity index (χ4v) is 3.20. The van der Waals surface area contributed by atoms with Gasteiger partial charge < -0.3 is 10.4 Å². The van der Waals surface area contributed by atoms with Gasteiger partial charge in [0.2, 0.25) is 0 Å². The van der Waals surface area contributed by atoms with Gasteiger partial charge >= 0.3 is 0 Å². The third kappa shape index (κ3) is 3.25. The van der Waals surface area contributed by atoms with Gasteiger partial charge in [-0.05, 0) is 18.9 Å². The Labute approximate surface area is 126 Å². The third-order valence-corrected chi connectivity index (χ3v) is 4.48. The van der Waals surface area contributed by atoms with Crippen molar-refractivity contribution in [3.8, 4) is 10.8 Å². The molecule has 1 aliphatic carbocycles. The number of aliphatic hydroxyl groups is 1.